The highest BCUT2D eigenvalue weighted by Gasteiger charge is 2.04. The fourth-order valence-corrected chi connectivity index (χ4v) is 1.52. The van der Waals surface area contributed by atoms with Crippen LogP contribution in [-0.4, -0.2) is 25.0 Å². The molecule has 0 aliphatic carbocycles. The normalized spacial score (nSPS) is 14.1. The molecular weight excluding hydrogens is 158 g/mol. The van der Waals surface area contributed by atoms with Gasteiger partial charge in [0.05, 0.1) is 0 Å². The van der Waals surface area contributed by atoms with E-state index in [0.717, 1.165) is 11.8 Å². The lowest BCUT2D eigenvalue weighted by atomic mass is 10.1. The van der Waals surface area contributed by atoms with Gasteiger partial charge < -0.3 is 4.90 Å². The molecule has 0 radical (unpaired) electrons. The Labute approximate surface area is 84.5 Å². The SMILES string of the molecule is CCC(C)CN(C)CCCC(C)C. The van der Waals surface area contributed by atoms with Crippen LogP contribution in [0.3, 0.4) is 0 Å². The maximum Gasteiger partial charge on any atom is 0.000387 e. The van der Waals surface area contributed by atoms with Gasteiger partial charge in [-0.05, 0) is 38.3 Å². The first-order valence-electron chi connectivity index (χ1n) is 5.74. The summed E-state index contributed by atoms with van der Waals surface area (Å²) in [6.45, 7) is 11.7. The van der Waals surface area contributed by atoms with Crippen molar-refractivity contribution in [1.29, 1.82) is 0 Å². The van der Waals surface area contributed by atoms with E-state index in [0.29, 0.717) is 0 Å². The first-order valence-corrected chi connectivity index (χ1v) is 5.74. The minimum absolute atomic E-state index is 0.851. The van der Waals surface area contributed by atoms with Gasteiger partial charge in [-0.15, -0.1) is 0 Å². The van der Waals surface area contributed by atoms with Crippen LogP contribution >= 0.6 is 0 Å². The van der Waals surface area contributed by atoms with E-state index in [9.17, 15) is 0 Å². The summed E-state index contributed by atoms with van der Waals surface area (Å²) in [4.78, 5) is 2.47. The molecule has 0 aromatic carbocycles. The molecule has 0 saturated heterocycles. The topological polar surface area (TPSA) is 3.24 Å². The van der Waals surface area contributed by atoms with Gasteiger partial charge in [0.15, 0.2) is 0 Å². The van der Waals surface area contributed by atoms with Gasteiger partial charge in [0, 0.05) is 6.54 Å². The van der Waals surface area contributed by atoms with Crippen molar-refractivity contribution in [2.45, 2.75) is 47.0 Å². The standard InChI is InChI=1S/C12H27N/c1-6-12(4)10-13(5)9-7-8-11(2)3/h11-12H,6-10H2,1-5H3. The molecule has 1 atom stereocenters. The average Bonchev–Trinajstić information content (AvgIpc) is 2.03. The van der Waals surface area contributed by atoms with E-state index < -0.39 is 0 Å². The molecule has 0 aromatic heterocycles. The molecule has 0 amide bonds. The second kappa shape index (κ2) is 7.37. The molecule has 80 valence electrons. The Morgan fingerprint density at radius 2 is 1.77 bits per heavy atom. The Morgan fingerprint density at radius 1 is 1.15 bits per heavy atom. The van der Waals surface area contributed by atoms with Crippen molar-refractivity contribution in [3.63, 3.8) is 0 Å². The molecule has 0 aromatic rings. The second-order valence-electron chi connectivity index (χ2n) is 4.81. The predicted molar refractivity (Wildman–Crippen MR) is 61.0 cm³/mol. The zero-order valence-electron chi connectivity index (χ0n) is 10.1. The predicted octanol–water partition coefficient (Wildman–Crippen LogP) is 3.40. The van der Waals surface area contributed by atoms with Crippen LogP contribution in [0.4, 0.5) is 0 Å². The molecule has 0 aliphatic heterocycles. The van der Waals surface area contributed by atoms with Crippen LogP contribution in [0, 0.1) is 11.8 Å². The van der Waals surface area contributed by atoms with Gasteiger partial charge in [-0.2, -0.15) is 0 Å². The van der Waals surface area contributed by atoms with Gasteiger partial charge in [-0.1, -0.05) is 34.1 Å². The molecule has 1 unspecified atom stereocenters. The highest BCUT2D eigenvalue weighted by molar-refractivity contribution is 4.58. The lowest BCUT2D eigenvalue weighted by Gasteiger charge is -2.20. The largest absolute Gasteiger partial charge is 0.306 e. The lowest BCUT2D eigenvalue weighted by Crippen LogP contribution is -2.25. The third-order valence-corrected chi connectivity index (χ3v) is 2.64. The smallest absolute Gasteiger partial charge is 0.000387 e. The molecule has 13 heavy (non-hydrogen) atoms. The third-order valence-electron chi connectivity index (χ3n) is 2.64. The Kier molecular flexibility index (Phi) is 7.35. The molecule has 1 heteroatoms. The minimum Gasteiger partial charge on any atom is -0.306 e. The van der Waals surface area contributed by atoms with E-state index >= 15 is 0 Å². The molecule has 0 spiro atoms. The van der Waals surface area contributed by atoms with Crippen LogP contribution < -0.4 is 0 Å². The summed E-state index contributed by atoms with van der Waals surface area (Å²) in [5.41, 5.74) is 0. The first-order chi connectivity index (χ1) is 6.06. The fraction of sp³-hybridized carbons (Fsp3) is 1.00. The van der Waals surface area contributed by atoms with E-state index in [-0.39, 0.29) is 0 Å². The zero-order chi connectivity index (χ0) is 10.3. The van der Waals surface area contributed by atoms with Gasteiger partial charge >= 0.3 is 0 Å². The van der Waals surface area contributed by atoms with Crippen molar-refractivity contribution >= 4 is 0 Å². The highest BCUT2D eigenvalue weighted by atomic mass is 15.1. The summed E-state index contributed by atoms with van der Waals surface area (Å²) in [5.74, 6) is 1.71. The molecule has 0 aliphatic rings. The van der Waals surface area contributed by atoms with E-state index in [4.69, 9.17) is 0 Å². The van der Waals surface area contributed by atoms with Gasteiger partial charge in [0.25, 0.3) is 0 Å². The van der Waals surface area contributed by atoms with Crippen molar-refractivity contribution in [3.05, 3.63) is 0 Å². The maximum absolute atomic E-state index is 2.47. The summed E-state index contributed by atoms with van der Waals surface area (Å²) in [7, 11) is 2.24. The van der Waals surface area contributed by atoms with Crippen LogP contribution in [0.1, 0.15) is 47.0 Å². The molecule has 0 fully saturated rings. The second-order valence-corrected chi connectivity index (χ2v) is 4.81. The number of hydrogen-bond donors (Lipinski definition) is 0. The van der Waals surface area contributed by atoms with Crippen LogP contribution in [0.5, 0.6) is 0 Å². The van der Waals surface area contributed by atoms with Crippen LogP contribution in [-0.2, 0) is 0 Å². The van der Waals surface area contributed by atoms with E-state index in [1.165, 1.54) is 32.4 Å². The Hall–Kier alpha value is -0.0400. The van der Waals surface area contributed by atoms with E-state index in [1.54, 1.807) is 0 Å². The summed E-state index contributed by atoms with van der Waals surface area (Å²) in [6.07, 6.45) is 4.02. The molecule has 0 bridgehead atoms. The fourth-order valence-electron chi connectivity index (χ4n) is 1.52. The summed E-state index contributed by atoms with van der Waals surface area (Å²) < 4.78 is 0. The highest BCUT2D eigenvalue weighted by Crippen LogP contribution is 2.06. The van der Waals surface area contributed by atoms with Crippen molar-refractivity contribution in [2.24, 2.45) is 11.8 Å². The zero-order valence-corrected chi connectivity index (χ0v) is 10.1. The van der Waals surface area contributed by atoms with Crippen molar-refractivity contribution in [2.75, 3.05) is 20.1 Å². The molecule has 0 N–H and O–H groups in total. The van der Waals surface area contributed by atoms with E-state index in [2.05, 4.69) is 39.6 Å². The summed E-state index contributed by atoms with van der Waals surface area (Å²) >= 11 is 0. The lowest BCUT2D eigenvalue weighted by molar-refractivity contribution is 0.272. The molecular formula is C12H27N. The Bertz CT molecular complexity index is 110. The van der Waals surface area contributed by atoms with Crippen LogP contribution in [0.15, 0.2) is 0 Å². The first kappa shape index (κ1) is 13.0. The van der Waals surface area contributed by atoms with Crippen molar-refractivity contribution in [3.8, 4) is 0 Å². The number of rotatable bonds is 7. The van der Waals surface area contributed by atoms with Gasteiger partial charge in [0.2, 0.25) is 0 Å². The van der Waals surface area contributed by atoms with Gasteiger partial charge in [0.1, 0.15) is 0 Å². The van der Waals surface area contributed by atoms with E-state index in [1.807, 2.05) is 0 Å². The van der Waals surface area contributed by atoms with Gasteiger partial charge in [-0.3, -0.25) is 0 Å². The number of nitrogens with zero attached hydrogens (tertiary/aromatic N) is 1. The molecule has 0 saturated carbocycles. The molecule has 0 rings (SSSR count). The third kappa shape index (κ3) is 8.29. The Morgan fingerprint density at radius 3 is 2.23 bits per heavy atom. The minimum atomic E-state index is 0.851. The van der Waals surface area contributed by atoms with Crippen molar-refractivity contribution < 1.29 is 0 Å². The van der Waals surface area contributed by atoms with Crippen LogP contribution in [0.2, 0.25) is 0 Å². The van der Waals surface area contributed by atoms with Crippen LogP contribution in [0.25, 0.3) is 0 Å². The van der Waals surface area contributed by atoms with Crippen molar-refractivity contribution in [1.82, 2.24) is 4.90 Å². The van der Waals surface area contributed by atoms with Gasteiger partial charge in [-0.25, -0.2) is 0 Å². The molecule has 0 heterocycles. The molecule has 1 nitrogen and oxygen atoms in total. The quantitative estimate of drug-likeness (QED) is 0.587. The summed E-state index contributed by atoms with van der Waals surface area (Å²) in [6, 6.07) is 0. The Balaban J connectivity index is 3.34. The maximum atomic E-state index is 2.47. The number of hydrogen-bond acceptors (Lipinski definition) is 1. The monoisotopic (exact) mass is 185 g/mol. The summed E-state index contributed by atoms with van der Waals surface area (Å²) in [5, 5.41) is 0. The average molecular weight is 185 g/mol.